The monoisotopic (exact) mass is 561 g/mol. The van der Waals surface area contributed by atoms with E-state index >= 15 is 0 Å². The molecule has 11 heteroatoms. The number of nitrogens with one attached hydrogen (secondary N) is 1. The van der Waals surface area contributed by atoms with Gasteiger partial charge in [-0.1, -0.05) is 23.7 Å². The molecule has 0 radical (unpaired) electrons. The first-order valence-electron chi connectivity index (χ1n) is 12.3. The minimum atomic E-state index is -1.67. The molecule has 5 N–H and O–H groups in total. The van der Waals surface area contributed by atoms with Gasteiger partial charge in [-0.3, -0.25) is 9.78 Å². The zero-order valence-electron chi connectivity index (χ0n) is 21.9. The molecule has 2 aromatic carbocycles. The standard InChI is InChI=1S/C28H33ClFN3O6/c1-37-15-20-6-9-26(33-23(20)13-18-4-7-22(30)21(29)12-18)28(36,16-31)17-32-27(35)19-5-8-24(25(14-19)38-2)39-11-3-10-34/h4-9,12,14,34,36H,3,10-11,13,15-17,31H2,1-2H3,(H,32,35). The van der Waals surface area contributed by atoms with Gasteiger partial charge in [0.05, 0.1) is 43.3 Å². The van der Waals surface area contributed by atoms with Crippen molar-refractivity contribution in [1.29, 1.82) is 0 Å². The van der Waals surface area contributed by atoms with E-state index in [1.54, 1.807) is 37.4 Å². The molecule has 0 saturated carbocycles. The fourth-order valence-electron chi connectivity index (χ4n) is 3.84. The predicted octanol–water partition coefficient (Wildman–Crippen LogP) is 2.96. The Balaban J connectivity index is 1.79. The lowest BCUT2D eigenvalue weighted by Gasteiger charge is -2.27. The summed E-state index contributed by atoms with van der Waals surface area (Å²) in [6.45, 7) is 0.147. The van der Waals surface area contributed by atoms with Gasteiger partial charge in [0, 0.05) is 38.7 Å². The summed E-state index contributed by atoms with van der Waals surface area (Å²) in [5.74, 6) is -0.180. The van der Waals surface area contributed by atoms with Crippen LogP contribution in [0.5, 0.6) is 11.5 Å². The van der Waals surface area contributed by atoms with E-state index in [4.69, 9.17) is 36.7 Å². The van der Waals surface area contributed by atoms with E-state index in [1.165, 1.54) is 25.3 Å². The fourth-order valence-corrected chi connectivity index (χ4v) is 4.05. The van der Waals surface area contributed by atoms with Gasteiger partial charge in [0.25, 0.3) is 5.91 Å². The van der Waals surface area contributed by atoms with Crippen LogP contribution in [0.25, 0.3) is 0 Å². The Kier molecular flexibility index (Phi) is 11.0. The van der Waals surface area contributed by atoms with Crippen LogP contribution in [0.15, 0.2) is 48.5 Å². The van der Waals surface area contributed by atoms with Crippen LogP contribution >= 0.6 is 11.6 Å². The van der Waals surface area contributed by atoms with Crippen LogP contribution in [0.2, 0.25) is 5.02 Å². The van der Waals surface area contributed by atoms with Crippen molar-refractivity contribution in [2.45, 2.75) is 25.0 Å². The Morgan fingerprint density at radius 2 is 1.95 bits per heavy atom. The molecule has 0 saturated heterocycles. The Morgan fingerprint density at radius 1 is 1.15 bits per heavy atom. The molecular weight excluding hydrogens is 529 g/mol. The van der Waals surface area contributed by atoms with Crippen molar-refractivity contribution < 1.29 is 33.6 Å². The van der Waals surface area contributed by atoms with Crippen molar-refractivity contribution in [2.75, 3.05) is 40.5 Å². The van der Waals surface area contributed by atoms with Gasteiger partial charge in [-0.2, -0.15) is 0 Å². The molecule has 39 heavy (non-hydrogen) atoms. The Morgan fingerprint density at radius 3 is 2.62 bits per heavy atom. The van der Waals surface area contributed by atoms with Gasteiger partial charge in [0.2, 0.25) is 0 Å². The average molecular weight is 562 g/mol. The summed E-state index contributed by atoms with van der Waals surface area (Å²) in [5.41, 5.74) is 6.92. The van der Waals surface area contributed by atoms with Gasteiger partial charge in [0.1, 0.15) is 11.4 Å². The maximum Gasteiger partial charge on any atom is 0.251 e. The molecule has 1 amide bonds. The molecule has 0 bridgehead atoms. The molecule has 210 valence electrons. The van der Waals surface area contributed by atoms with Crippen LogP contribution in [-0.4, -0.2) is 61.6 Å². The van der Waals surface area contributed by atoms with Crippen molar-refractivity contribution >= 4 is 17.5 Å². The van der Waals surface area contributed by atoms with Crippen LogP contribution in [-0.2, 0) is 23.4 Å². The number of nitrogens with two attached hydrogens (primary N) is 1. The summed E-state index contributed by atoms with van der Waals surface area (Å²) in [4.78, 5) is 17.6. The second-order valence-corrected chi connectivity index (χ2v) is 9.28. The largest absolute Gasteiger partial charge is 0.493 e. The minimum absolute atomic E-state index is 0.000457. The highest BCUT2D eigenvalue weighted by atomic mass is 35.5. The highest BCUT2D eigenvalue weighted by Gasteiger charge is 2.31. The van der Waals surface area contributed by atoms with E-state index < -0.39 is 17.3 Å². The van der Waals surface area contributed by atoms with Gasteiger partial charge in [-0.15, -0.1) is 0 Å². The highest BCUT2D eigenvalue weighted by Crippen LogP contribution is 2.29. The molecule has 1 atom stereocenters. The number of aromatic nitrogens is 1. The van der Waals surface area contributed by atoms with Crippen molar-refractivity contribution in [3.63, 3.8) is 0 Å². The summed E-state index contributed by atoms with van der Waals surface area (Å²) < 4.78 is 29.8. The van der Waals surface area contributed by atoms with E-state index in [2.05, 4.69) is 10.3 Å². The van der Waals surface area contributed by atoms with Crippen molar-refractivity contribution in [2.24, 2.45) is 5.73 Å². The molecular formula is C28H33ClFN3O6. The second-order valence-electron chi connectivity index (χ2n) is 8.87. The molecule has 0 aliphatic carbocycles. The SMILES string of the molecule is COCc1ccc(C(O)(CN)CNC(=O)c2ccc(OCCCO)c(OC)c2)nc1Cc1ccc(F)c(Cl)c1. The third-order valence-corrected chi connectivity index (χ3v) is 6.36. The summed E-state index contributed by atoms with van der Waals surface area (Å²) in [7, 11) is 3.01. The first-order chi connectivity index (χ1) is 18.7. The number of benzene rings is 2. The first kappa shape index (κ1) is 30.3. The molecule has 0 spiro atoms. The number of pyridine rings is 1. The number of carbonyl (C=O) groups excluding carboxylic acids is 1. The number of hydrogen-bond acceptors (Lipinski definition) is 8. The Bertz CT molecular complexity index is 1280. The molecule has 3 aromatic rings. The zero-order chi connectivity index (χ0) is 28.4. The van der Waals surface area contributed by atoms with Crippen LogP contribution < -0.4 is 20.5 Å². The van der Waals surface area contributed by atoms with Gasteiger partial charge in [-0.05, 0) is 47.5 Å². The number of halogens is 2. The van der Waals surface area contributed by atoms with E-state index in [-0.39, 0.29) is 42.6 Å². The van der Waals surface area contributed by atoms with E-state index in [0.29, 0.717) is 36.6 Å². The summed E-state index contributed by atoms with van der Waals surface area (Å²) in [5, 5.41) is 23.0. The maximum atomic E-state index is 13.6. The van der Waals surface area contributed by atoms with Gasteiger partial charge in [0.15, 0.2) is 11.5 Å². The highest BCUT2D eigenvalue weighted by molar-refractivity contribution is 6.30. The molecule has 1 aromatic heterocycles. The van der Waals surface area contributed by atoms with Crippen LogP contribution in [0.1, 0.15) is 39.3 Å². The minimum Gasteiger partial charge on any atom is -0.493 e. The number of aliphatic hydroxyl groups is 2. The lowest BCUT2D eigenvalue weighted by molar-refractivity contribution is 0.0392. The lowest BCUT2D eigenvalue weighted by atomic mass is 9.96. The third kappa shape index (κ3) is 7.87. The Labute approximate surface area is 231 Å². The lowest BCUT2D eigenvalue weighted by Crippen LogP contribution is -2.46. The van der Waals surface area contributed by atoms with Gasteiger partial charge >= 0.3 is 0 Å². The fraction of sp³-hybridized carbons (Fsp3) is 0.357. The normalized spacial score (nSPS) is 12.6. The summed E-state index contributed by atoms with van der Waals surface area (Å²) >= 11 is 5.94. The van der Waals surface area contributed by atoms with Crippen molar-refractivity contribution in [1.82, 2.24) is 10.3 Å². The molecule has 1 heterocycles. The Hall–Kier alpha value is -3.28. The number of aliphatic hydroxyl groups excluding tert-OH is 1. The quantitative estimate of drug-likeness (QED) is 0.221. The van der Waals surface area contributed by atoms with E-state index in [0.717, 1.165) is 11.1 Å². The number of rotatable bonds is 14. The number of amides is 1. The molecule has 1 unspecified atom stereocenters. The van der Waals surface area contributed by atoms with Gasteiger partial charge in [-0.25, -0.2) is 4.39 Å². The van der Waals surface area contributed by atoms with Crippen LogP contribution in [0.4, 0.5) is 4.39 Å². The molecule has 9 nitrogen and oxygen atoms in total. The smallest absolute Gasteiger partial charge is 0.251 e. The number of carbonyl (C=O) groups is 1. The summed E-state index contributed by atoms with van der Waals surface area (Å²) in [6.07, 6.45) is 0.773. The first-order valence-corrected chi connectivity index (χ1v) is 12.7. The third-order valence-electron chi connectivity index (χ3n) is 6.07. The average Bonchev–Trinajstić information content (AvgIpc) is 2.94. The van der Waals surface area contributed by atoms with E-state index in [9.17, 15) is 14.3 Å². The second kappa shape index (κ2) is 14.2. The number of methoxy groups -OCH3 is 2. The van der Waals surface area contributed by atoms with Gasteiger partial charge < -0.3 is 35.5 Å². The maximum absolute atomic E-state index is 13.6. The number of ether oxygens (including phenoxy) is 3. The van der Waals surface area contributed by atoms with E-state index in [1.807, 2.05) is 0 Å². The van der Waals surface area contributed by atoms with Crippen molar-refractivity contribution in [3.8, 4) is 11.5 Å². The topological polar surface area (TPSA) is 136 Å². The predicted molar refractivity (Wildman–Crippen MR) is 145 cm³/mol. The molecule has 0 aliphatic rings. The van der Waals surface area contributed by atoms with Crippen LogP contribution in [0, 0.1) is 5.82 Å². The number of hydrogen-bond donors (Lipinski definition) is 4. The number of nitrogens with zero attached hydrogens (tertiary/aromatic N) is 1. The molecule has 0 fully saturated rings. The van der Waals surface area contributed by atoms with Crippen molar-refractivity contribution in [3.05, 3.63) is 87.4 Å². The van der Waals surface area contributed by atoms with Crippen LogP contribution in [0.3, 0.4) is 0 Å². The summed E-state index contributed by atoms with van der Waals surface area (Å²) in [6, 6.07) is 12.5. The molecule has 3 rings (SSSR count). The molecule has 0 aliphatic heterocycles. The zero-order valence-corrected chi connectivity index (χ0v) is 22.6.